The van der Waals surface area contributed by atoms with Gasteiger partial charge in [-0.25, -0.2) is 5.01 Å². The van der Waals surface area contributed by atoms with Crippen molar-refractivity contribution >= 4 is 11.5 Å². The van der Waals surface area contributed by atoms with Crippen molar-refractivity contribution in [1.82, 2.24) is 10.0 Å². The molecule has 0 saturated carbocycles. The zero-order chi connectivity index (χ0) is 9.14. The van der Waals surface area contributed by atoms with Crippen LogP contribution >= 0.6 is 0 Å². The van der Waals surface area contributed by atoms with Gasteiger partial charge in [0.05, 0.1) is 12.3 Å². The Labute approximate surface area is 73.5 Å². The quantitative estimate of drug-likeness (QED) is 0.615. The van der Waals surface area contributed by atoms with E-state index >= 15 is 0 Å². The molecule has 0 atom stereocenters. The molecule has 0 fully saturated rings. The molecule has 0 bridgehead atoms. The van der Waals surface area contributed by atoms with Gasteiger partial charge in [-0.15, -0.1) is 5.10 Å². The second-order valence-electron chi connectivity index (χ2n) is 3.07. The second kappa shape index (κ2) is 3.67. The van der Waals surface area contributed by atoms with Crippen molar-refractivity contribution in [2.75, 3.05) is 20.6 Å². The summed E-state index contributed by atoms with van der Waals surface area (Å²) in [6, 6.07) is 0. The minimum Gasteiger partial charge on any atom is -0.286 e. The van der Waals surface area contributed by atoms with Gasteiger partial charge in [0.25, 0.3) is 0 Å². The lowest BCUT2D eigenvalue weighted by Gasteiger charge is -2.31. The molecule has 0 aromatic carbocycles. The Bertz CT molecular complexity index is 217. The average molecular weight is 168 g/mol. The van der Waals surface area contributed by atoms with E-state index in [4.69, 9.17) is 0 Å². The van der Waals surface area contributed by atoms with Crippen molar-refractivity contribution in [2.45, 2.75) is 20.3 Å². The molecule has 1 heterocycles. The van der Waals surface area contributed by atoms with Crippen LogP contribution in [0.5, 0.6) is 0 Å². The highest BCUT2D eigenvalue weighted by molar-refractivity contribution is 5.93. The van der Waals surface area contributed by atoms with Crippen LogP contribution in [0, 0.1) is 0 Å². The zero-order valence-corrected chi connectivity index (χ0v) is 8.20. The van der Waals surface area contributed by atoms with Crippen molar-refractivity contribution < 1.29 is 0 Å². The summed E-state index contributed by atoms with van der Waals surface area (Å²) in [5.74, 6) is 0.956. The third kappa shape index (κ3) is 1.82. The lowest BCUT2D eigenvalue weighted by atomic mass is 10.3. The fourth-order valence-corrected chi connectivity index (χ4v) is 1.13. The molecule has 0 aromatic rings. The predicted octanol–water partition coefficient (Wildman–Crippen LogP) is 0.963. The number of hydrogen-bond acceptors (Lipinski definition) is 4. The first-order chi connectivity index (χ1) is 5.65. The van der Waals surface area contributed by atoms with E-state index in [0.717, 1.165) is 24.5 Å². The van der Waals surface area contributed by atoms with Gasteiger partial charge in [0.1, 0.15) is 5.84 Å². The molecule has 0 N–H and O–H groups in total. The van der Waals surface area contributed by atoms with E-state index in [0.29, 0.717) is 0 Å². The van der Waals surface area contributed by atoms with Crippen LogP contribution in [0.2, 0.25) is 0 Å². The number of hydrogen-bond donors (Lipinski definition) is 0. The molecule has 0 amide bonds. The Hall–Kier alpha value is -0.900. The molecule has 0 aliphatic carbocycles. The van der Waals surface area contributed by atoms with Gasteiger partial charge in [0.2, 0.25) is 0 Å². The van der Waals surface area contributed by atoms with Gasteiger partial charge in [-0.2, -0.15) is 5.10 Å². The lowest BCUT2D eigenvalue weighted by molar-refractivity contribution is 0.126. The largest absolute Gasteiger partial charge is 0.286 e. The molecule has 1 aliphatic rings. The summed E-state index contributed by atoms with van der Waals surface area (Å²) in [4.78, 5) is 0. The van der Waals surface area contributed by atoms with Crippen molar-refractivity contribution in [3.63, 3.8) is 0 Å². The number of nitrogens with zero attached hydrogens (tertiary/aromatic N) is 4. The first-order valence-electron chi connectivity index (χ1n) is 4.20. The summed E-state index contributed by atoms with van der Waals surface area (Å²) < 4.78 is 0. The Morgan fingerprint density at radius 2 is 2.08 bits per heavy atom. The topological polar surface area (TPSA) is 31.2 Å². The van der Waals surface area contributed by atoms with Crippen LogP contribution < -0.4 is 0 Å². The van der Waals surface area contributed by atoms with E-state index in [1.165, 1.54) is 0 Å². The number of amidine groups is 1. The Kier molecular flexibility index (Phi) is 2.81. The van der Waals surface area contributed by atoms with Crippen molar-refractivity contribution in [3.8, 4) is 0 Å². The smallest absolute Gasteiger partial charge is 0.139 e. The SMILES string of the molecule is CCC1=NN=C(C)N(N(C)C)C1. The highest BCUT2D eigenvalue weighted by atomic mass is 15.6. The van der Waals surface area contributed by atoms with Gasteiger partial charge in [-0.05, 0) is 13.3 Å². The van der Waals surface area contributed by atoms with Gasteiger partial charge < -0.3 is 0 Å². The van der Waals surface area contributed by atoms with E-state index in [1.54, 1.807) is 0 Å². The molecule has 4 heteroatoms. The van der Waals surface area contributed by atoms with Crippen LogP contribution in [0.15, 0.2) is 10.2 Å². The van der Waals surface area contributed by atoms with E-state index in [1.807, 2.05) is 26.0 Å². The summed E-state index contributed by atoms with van der Waals surface area (Å²) in [6.45, 7) is 4.94. The van der Waals surface area contributed by atoms with Gasteiger partial charge in [0, 0.05) is 14.1 Å². The van der Waals surface area contributed by atoms with E-state index in [-0.39, 0.29) is 0 Å². The minimum absolute atomic E-state index is 0.874. The summed E-state index contributed by atoms with van der Waals surface area (Å²) in [6.07, 6.45) is 0.973. The molecular weight excluding hydrogens is 152 g/mol. The van der Waals surface area contributed by atoms with Gasteiger partial charge in [0.15, 0.2) is 0 Å². The number of rotatable bonds is 2. The van der Waals surface area contributed by atoms with Crippen LogP contribution in [0.3, 0.4) is 0 Å². The average Bonchev–Trinajstić information content (AvgIpc) is 2.05. The third-order valence-corrected chi connectivity index (χ3v) is 1.93. The highest BCUT2D eigenvalue weighted by Crippen LogP contribution is 2.04. The first-order valence-corrected chi connectivity index (χ1v) is 4.20. The molecule has 0 saturated heterocycles. The lowest BCUT2D eigenvalue weighted by Crippen LogP contribution is -2.45. The van der Waals surface area contributed by atoms with Crippen LogP contribution in [0.4, 0.5) is 0 Å². The number of hydrazine groups is 1. The molecule has 0 spiro atoms. The van der Waals surface area contributed by atoms with E-state index < -0.39 is 0 Å². The molecule has 0 aromatic heterocycles. The molecule has 4 nitrogen and oxygen atoms in total. The molecule has 0 unspecified atom stereocenters. The summed E-state index contributed by atoms with van der Waals surface area (Å²) in [7, 11) is 4.02. The maximum absolute atomic E-state index is 4.10. The van der Waals surface area contributed by atoms with E-state index in [2.05, 4.69) is 22.1 Å². The Balaban J connectivity index is 2.72. The molecular formula is C8H16N4. The minimum atomic E-state index is 0.874. The Morgan fingerprint density at radius 1 is 1.42 bits per heavy atom. The monoisotopic (exact) mass is 168 g/mol. The third-order valence-electron chi connectivity index (χ3n) is 1.93. The molecule has 12 heavy (non-hydrogen) atoms. The molecule has 1 rings (SSSR count). The van der Waals surface area contributed by atoms with Crippen LogP contribution in [-0.2, 0) is 0 Å². The normalized spacial score (nSPS) is 17.9. The summed E-state index contributed by atoms with van der Waals surface area (Å²) in [5.41, 5.74) is 1.13. The van der Waals surface area contributed by atoms with Crippen LogP contribution in [0.25, 0.3) is 0 Å². The predicted molar refractivity (Wildman–Crippen MR) is 51.2 cm³/mol. The molecule has 68 valence electrons. The highest BCUT2D eigenvalue weighted by Gasteiger charge is 2.15. The Morgan fingerprint density at radius 3 is 2.58 bits per heavy atom. The maximum Gasteiger partial charge on any atom is 0.139 e. The van der Waals surface area contributed by atoms with Crippen LogP contribution in [0.1, 0.15) is 20.3 Å². The molecule has 0 radical (unpaired) electrons. The summed E-state index contributed by atoms with van der Waals surface area (Å²) >= 11 is 0. The van der Waals surface area contributed by atoms with Crippen molar-refractivity contribution in [2.24, 2.45) is 10.2 Å². The fraction of sp³-hybridized carbons (Fsp3) is 0.750. The second-order valence-corrected chi connectivity index (χ2v) is 3.07. The van der Waals surface area contributed by atoms with Gasteiger partial charge in [-0.1, -0.05) is 6.92 Å². The van der Waals surface area contributed by atoms with Gasteiger partial charge in [-0.3, -0.25) is 5.01 Å². The fourth-order valence-electron chi connectivity index (χ4n) is 1.13. The van der Waals surface area contributed by atoms with Crippen molar-refractivity contribution in [3.05, 3.63) is 0 Å². The van der Waals surface area contributed by atoms with Crippen LogP contribution in [-0.4, -0.2) is 42.2 Å². The maximum atomic E-state index is 4.10. The summed E-state index contributed by atoms with van der Waals surface area (Å²) in [5, 5.41) is 12.3. The molecule has 1 aliphatic heterocycles. The van der Waals surface area contributed by atoms with E-state index in [9.17, 15) is 0 Å². The van der Waals surface area contributed by atoms with Gasteiger partial charge >= 0.3 is 0 Å². The standard InChI is InChI=1S/C8H16N4/c1-5-8-6-12(11(3)4)7(2)9-10-8/h5-6H2,1-4H3. The first kappa shape index (κ1) is 9.19. The zero-order valence-electron chi connectivity index (χ0n) is 8.20. The van der Waals surface area contributed by atoms with Crippen molar-refractivity contribution in [1.29, 1.82) is 0 Å².